The van der Waals surface area contributed by atoms with Crippen molar-refractivity contribution in [3.05, 3.63) is 35.4 Å². The molecular formula is C37H60N2O2. The molecule has 4 nitrogen and oxygen atoms in total. The maximum absolute atomic E-state index is 10.3. The van der Waals surface area contributed by atoms with Gasteiger partial charge in [0.05, 0.1) is 0 Å². The third-order valence-electron chi connectivity index (χ3n) is 13.3. The minimum Gasteiger partial charge on any atom is -0.399 e. The highest BCUT2D eigenvalue weighted by Gasteiger charge is 2.63. The minimum absolute atomic E-state index is 0.198. The molecule has 4 aliphatic rings. The molecule has 0 spiro atoms. The Morgan fingerprint density at radius 2 is 1.63 bits per heavy atom. The molecule has 5 rings (SSSR count). The molecule has 230 valence electrons. The Morgan fingerprint density at radius 3 is 2.29 bits per heavy atom. The van der Waals surface area contributed by atoms with Gasteiger partial charge in [-0.1, -0.05) is 52.7 Å². The summed E-state index contributed by atoms with van der Waals surface area (Å²) in [5, 5.41) is 10.3. The van der Waals surface area contributed by atoms with Crippen molar-refractivity contribution in [1.82, 2.24) is 0 Å². The molecule has 5 N–H and O–H groups in total. The number of hydrogen-bond donors (Lipinski definition) is 3. The summed E-state index contributed by atoms with van der Waals surface area (Å²) in [5.41, 5.74) is 16.9. The molecule has 0 saturated heterocycles. The number of benzene rings is 1. The second kappa shape index (κ2) is 11.5. The van der Waals surface area contributed by atoms with Crippen LogP contribution in [0.25, 0.3) is 0 Å². The van der Waals surface area contributed by atoms with E-state index in [1.807, 2.05) is 12.1 Å². The molecule has 4 heteroatoms. The van der Waals surface area contributed by atoms with E-state index >= 15 is 0 Å². The van der Waals surface area contributed by atoms with Gasteiger partial charge in [-0.15, -0.1) is 0 Å². The number of unbranched alkanes of at least 4 members (excludes halogenated alkanes) is 1. The lowest BCUT2D eigenvalue weighted by Gasteiger charge is -2.65. The molecule has 0 heterocycles. The summed E-state index contributed by atoms with van der Waals surface area (Å²) < 4.78 is 0. The summed E-state index contributed by atoms with van der Waals surface area (Å²) in [6.07, 6.45) is 16.5. The Hall–Kier alpha value is -1.52. The van der Waals surface area contributed by atoms with Crippen molar-refractivity contribution in [2.24, 2.45) is 57.7 Å². The Balaban J connectivity index is 1.37. The number of allylic oxidation sites excluding steroid dienone is 2. The average Bonchev–Trinajstić information content (AvgIpc) is 3.23. The first-order chi connectivity index (χ1) is 19.3. The predicted molar refractivity (Wildman–Crippen MR) is 172 cm³/mol. The van der Waals surface area contributed by atoms with Gasteiger partial charge in [-0.05, 0) is 159 Å². The molecule has 4 saturated carbocycles. The number of nitrogen functional groups attached to an aromatic ring is 2. The van der Waals surface area contributed by atoms with Gasteiger partial charge in [-0.2, -0.15) is 0 Å². The fourth-order valence-corrected chi connectivity index (χ4v) is 12.0. The van der Waals surface area contributed by atoms with Gasteiger partial charge in [-0.3, -0.25) is 5.26 Å². The van der Waals surface area contributed by atoms with Gasteiger partial charge in [0.1, 0.15) is 6.10 Å². The maximum Gasteiger partial charge on any atom is 0.121 e. The van der Waals surface area contributed by atoms with Crippen molar-refractivity contribution in [3.8, 4) is 0 Å². The summed E-state index contributed by atoms with van der Waals surface area (Å²) >= 11 is 0. The van der Waals surface area contributed by atoms with E-state index in [0.29, 0.717) is 22.7 Å². The van der Waals surface area contributed by atoms with Crippen LogP contribution in [0, 0.1) is 57.7 Å². The van der Waals surface area contributed by atoms with Gasteiger partial charge in [0, 0.05) is 11.4 Å². The fraction of sp³-hybridized carbons (Fsp3) is 0.784. The van der Waals surface area contributed by atoms with Crippen LogP contribution in [0.15, 0.2) is 29.8 Å². The number of hydrogen-bond acceptors (Lipinski definition) is 4. The minimum atomic E-state index is -0.393. The van der Waals surface area contributed by atoms with E-state index in [1.165, 1.54) is 63.4 Å². The summed E-state index contributed by atoms with van der Waals surface area (Å²) in [6, 6.07) is 5.66. The highest BCUT2D eigenvalue weighted by Crippen LogP contribution is 2.71. The first kappa shape index (κ1) is 30.9. The quantitative estimate of drug-likeness (QED) is 0.0964. The highest BCUT2D eigenvalue weighted by atomic mass is 17.1. The van der Waals surface area contributed by atoms with Gasteiger partial charge in [0.25, 0.3) is 0 Å². The van der Waals surface area contributed by atoms with Crippen LogP contribution >= 0.6 is 0 Å². The highest BCUT2D eigenvalue weighted by molar-refractivity contribution is 5.54. The second-order valence-electron chi connectivity index (χ2n) is 16.5. The largest absolute Gasteiger partial charge is 0.399 e. The van der Waals surface area contributed by atoms with Gasteiger partial charge >= 0.3 is 0 Å². The van der Waals surface area contributed by atoms with Crippen LogP contribution < -0.4 is 11.5 Å². The van der Waals surface area contributed by atoms with Crippen molar-refractivity contribution < 1.29 is 10.1 Å². The van der Waals surface area contributed by atoms with Crippen LogP contribution in [0.3, 0.4) is 0 Å². The first-order valence-corrected chi connectivity index (χ1v) is 16.9. The third-order valence-corrected chi connectivity index (χ3v) is 13.3. The van der Waals surface area contributed by atoms with Crippen LogP contribution in [0.2, 0.25) is 0 Å². The van der Waals surface area contributed by atoms with E-state index < -0.39 is 6.10 Å². The van der Waals surface area contributed by atoms with E-state index in [2.05, 4.69) is 54.5 Å². The molecule has 4 fully saturated rings. The molecule has 0 radical (unpaired) electrons. The van der Waals surface area contributed by atoms with E-state index in [4.69, 9.17) is 16.4 Å². The van der Waals surface area contributed by atoms with Crippen LogP contribution in [-0.4, -0.2) is 5.26 Å². The van der Waals surface area contributed by atoms with Crippen molar-refractivity contribution >= 4 is 11.4 Å². The standard InChI is InChI=1S/C37H60N2O2/c1-23(2)10-8-9-11-24(3)30-13-14-31-29-12-15-33-35(4,5)21-26(22-37(33,7)32(29)16-17-36(30,31)6)34(41-40)25-18-27(38)20-28(39)19-25/h10,18-20,24,26,29-34,40H,8-9,11-17,21-22,38-39H2,1-7H3. The predicted octanol–water partition coefficient (Wildman–Crippen LogP) is 10.1. The molecule has 41 heavy (non-hydrogen) atoms. The van der Waals surface area contributed by atoms with Gasteiger partial charge in [0.2, 0.25) is 0 Å². The topological polar surface area (TPSA) is 81.5 Å². The van der Waals surface area contributed by atoms with Gasteiger partial charge < -0.3 is 11.5 Å². The van der Waals surface area contributed by atoms with Crippen LogP contribution in [0.4, 0.5) is 11.4 Å². The molecule has 0 amide bonds. The number of anilines is 2. The Kier molecular flexibility index (Phi) is 8.69. The maximum atomic E-state index is 10.3. The smallest absolute Gasteiger partial charge is 0.121 e. The number of rotatable bonds is 8. The Labute approximate surface area is 251 Å². The molecular weight excluding hydrogens is 504 g/mol. The van der Waals surface area contributed by atoms with Crippen molar-refractivity contribution in [2.75, 3.05) is 11.5 Å². The van der Waals surface area contributed by atoms with E-state index in [0.717, 1.165) is 48.0 Å². The normalized spacial score (nSPS) is 39.2. The zero-order valence-electron chi connectivity index (χ0n) is 27.2. The van der Waals surface area contributed by atoms with Crippen molar-refractivity contribution in [1.29, 1.82) is 0 Å². The molecule has 10 atom stereocenters. The zero-order chi connectivity index (χ0) is 29.7. The fourth-order valence-electron chi connectivity index (χ4n) is 12.0. The molecule has 1 aromatic carbocycles. The molecule has 4 aliphatic carbocycles. The van der Waals surface area contributed by atoms with Crippen LogP contribution in [0.1, 0.15) is 131 Å². The lowest BCUT2D eigenvalue weighted by atomic mass is 9.40. The van der Waals surface area contributed by atoms with Crippen LogP contribution in [-0.2, 0) is 4.89 Å². The Morgan fingerprint density at radius 1 is 0.951 bits per heavy atom. The van der Waals surface area contributed by atoms with Crippen LogP contribution in [0.5, 0.6) is 0 Å². The monoisotopic (exact) mass is 564 g/mol. The molecule has 0 aliphatic heterocycles. The molecule has 0 bridgehead atoms. The summed E-state index contributed by atoms with van der Waals surface area (Å²) in [5.74, 6) is 5.12. The SMILES string of the molecule is CC(C)=CCCCC(C)C1CCC2C3CCC4C(C)(C)CC(C(OO)c5cc(N)cc(N)c5)CC4(C)C3CCC12C. The lowest BCUT2D eigenvalue weighted by molar-refractivity contribution is -0.305. The summed E-state index contributed by atoms with van der Waals surface area (Å²) in [6.45, 7) is 17.3. The molecule has 0 aromatic heterocycles. The molecule has 10 unspecified atom stereocenters. The lowest BCUT2D eigenvalue weighted by Crippen LogP contribution is -2.58. The third kappa shape index (κ3) is 5.62. The number of nitrogens with two attached hydrogens (primary N) is 2. The van der Waals surface area contributed by atoms with E-state index in [-0.39, 0.29) is 16.7 Å². The average molecular weight is 565 g/mol. The molecule has 1 aromatic rings. The van der Waals surface area contributed by atoms with Gasteiger partial charge in [0.15, 0.2) is 0 Å². The Bertz CT molecular complexity index is 1090. The number of fused-ring (bicyclic) bond motifs is 5. The second-order valence-corrected chi connectivity index (χ2v) is 16.5. The van der Waals surface area contributed by atoms with Crippen molar-refractivity contribution in [3.63, 3.8) is 0 Å². The van der Waals surface area contributed by atoms with Gasteiger partial charge in [-0.25, -0.2) is 4.89 Å². The van der Waals surface area contributed by atoms with Crippen molar-refractivity contribution in [2.45, 2.75) is 125 Å². The first-order valence-electron chi connectivity index (χ1n) is 16.9. The summed E-state index contributed by atoms with van der Waals surface area (Å²) in [4.78, 5) is 5.30. The van der Waals surface area contributed by atoms with E-state index in [9.17, 15) is 5.26 Å². The zero-order valence-corrected chi connectivity index (χ0v) is 27.2. The van der Waals surface area contributed by atoms with E-state index in [1.54, 1.807) is 6.07 Å². The summed E-state index contributed by atoms with van der Waals surface area (Å²) in [7, 11) is 0.